The number of rotatable bonds is 5. The molecular formula is C18H29Cl2FN2O4S. The number of hydrogen-bond donors (Lipinski definition) is 2. The van der Waals surface area contributed by atoms with Crippen molar-refractivity contribution in [3.05, 3.63) is 0 Å². The number of aliphatic hydroxyl groups excluding tert-OH is 1. The fourth-order valence-electron chi connectivity index (χ4n) is 4.67. The number of nitrogens with zero attached hydrogens (tertiary/aromatic N) is 1. The topological polar surface area (TPSA) is 86.7 Å². The second-order valence-corrected chi connectivity index (χ2v) is 11.5. The first-order chi connectivity index (χ1) is 13.2. The molecule has 162 valence electrons. The molecule has 2 N–H and O–H groups in total. The van der Waals surface area contributed by atoms with E-state index in [0.29, 0.717) is 51.5 Å². The van der Waals surface area contributed by atoms with Gasteiger partial charge in [0, 0.05) is 24.5 Å². The number of alkyl halides is 3. The molecule has 2 saturated carbocycles. The van der Waals surface area contributed by atoms with Crippen LogP contribution in [0.4, 0.5) is 4.39 Å². The van der Waals surface area contributed by atoms with Crippen molar-refractivity contribution < 1.29 is 22.7 Å². The zero-order valence-electron chi connectivity index (χ0n) is 15.8. The van der Waals surface area contributed by atoms with Crippen LogP contribution in [0.1, 0.15) is 51.4 Å². The molecule has 1 heterocycles. The number of sulfonamides is 1. The van der Waals surface area contributed by atoms with Gasteiger partial charge in [0.25, 0.3) is 0 Å². The van der Waals surface area contributed by atoms with Crippen LogP contribution in [0.25, 0.3) is 0 Å². The highest BCUT2D eigenvalue weighted by Crippen LogP contribution is 2.36. The predicted molar refractivity (Wildman–Crippen MR) is 107 cm³/mol. The van der Waals surface area contributed by atoms with E-state index < -0.39 is 44.2 Å². The number of aliphatic hydroxyl groups is 1. The van der Waals surface area contributed by atoms with Gasteiger partial charge < -0.3 is 10.4 Å². The van der Waals surface area contributed by atoms with Crippen LogP contribution < -0.4 is 5.32 Å². The van der Waals surface area contributed by atoms with Crippen LogP contribution in [0.15, 0.2) is 0 Å². The quantitative estimate of drug-likeness (QED) is 0.617. The van der Waals surface area contributed by atoms with Gasteiger partial charge >= 0.3 is 0 Å². The van der Waals surface area contributed by atoms with Crippen molar-refractivity contribution in [1.29, 1.82) is 0 Å². The monoisotopic (exact) mass is 458 g/mol. The van der Waals surface area contributed by atoms with Crippen molar-refractivity contribution in [2.24, 2.45) is 5.92 Å². The van der Waals surface area contributed by atoms with E-state index in [1.54, 1.807) is 0 Å². The molecule has 28 heavy (non-hydrogen) atoms. The van der Waals surface area contributed by atoms with Gasteiger partial charge in [-0.3, -0.25) is 4.79 Å². The highest BCUT2D eigenvalue weighted by molar-refractivity contribution is 7.89. The molecule has 1 aliphatic heterocycles. The van der Waals surface area contributed by atoms with E-state index >= 15 is 0 Å². The summed E-state index contributed by atoms with van der Waals surface area (Å²) in [7, 11) is -3.70. The van der Waals surface area contributed by atoms with Gasteiger partial charge in [0.1, 0.15) is 6.17 Å². The lowest BCUT2D eigenvalue weighted by atomic mass is 9.86. The first-order valence-corrected chi connectivity index (χ1v) is 12.5. The summed E-state index contributed by atoms with van der Waals surface area (Å²) in [5.74, 6) is -0.642. The minimum absolute atomic E-state index is 0.166. The molecule has 0 aromatic rings. The Kier molecular flexibility index (Phi) is 7.51. The summed E-state index contributed by atoms with van der Waals surface area (Å²) < 4.78 is 41.2. The fourth-order valence-corrected chi connectivity index (χ4v) is 7.93. The van der Waals surface area contributed by atoms with E-state index in [1.807, 2.05) is 0 Å². The molecule has 0 aromatic carbocycles. The Balaban J connectivity index is 1.64. The molecule has 1 amide bonds. The summed E-state index contributed by atoms with van der Waals surface area (Å²) in [6.07, 6.45) is 2.68. The fraction of sp³-hybridized carbons (Fsp3) is 0.944. The second kappa shape index (κ2) is 9.33. The van der Waals surface area contributed by atoms with Crippen LogP contribution in [0.3, 0.4) is 0 Å². The molecule has 6 nitrogen and oxygen atoms in total. The van der Waals surface area contributed by atoms with Crippen molar-refractivity contribution in [2.45, 2.75) is 85.6 Å². The zero-order valence-corrected chi connectivity index (χ0v) is 18.1. The summed E-state index contributed by atoms with van der Waals surface area (Å²) in [5.41, 5.74) is 0. The van der Waals surface area contributed by atoms with Crippen LogP contribution in [-0.2, 0) is 14.8 Å². The first kappa shape index (κ1) is 22.5. The maximum absolute atomic E-state index is 13.5. The van der Waals surface area contributed by atoms with Crippen molar-refractivity contribution >= 4 is 39.1 Å². The number of nitrogens with one attached hydrogen (secondary N) is 1. The molecule has 3 fully saturated rings. The molecule has 0 radical (unpaired) electrons. The molecule has 0 spiro atoms. The lowest BCUT2D eigenvalue weighted by Crippen LogP contribution is -2.51. The van der Waals surface area contributed by atoms with Crippen LogP contribution in [0, 0.1) is 5.92 Å². The van der Waals surface area contributed by atoms with Crippen molar-refractivity contribution in [1.82, 2.24) is 9.62 Å². The minimum Gasteiger partial charge on any atom is -0.395 e. The molecule has 2 aliphatic carbocycles. The number of carbonyl (C=O) groups is 1. The Bertz CT molecular complexity index is 668. The number of hydrogen-bond acceptors (Lipinski definition) is 4. The van der Waals surface area contributed by atoms with Gasteiger partial charge in [0.2, 0.25) is 15.9 Å². The summed E-state index contributed by atoms with van der Waals surface area (Å²) in [6.45, 7) is 0.174. The van der Waals surface area contributed by atoms with Gasteiger partial charge in [0.15, 0.2) is 0 Å². The van der Waals surface area contributed by atoms with Gasteiger partial charge in [-0.05, 0) is 51.4 Å². The van der Waals surface area contributed by atoms with Crippen molar-refractivity contribution in [3.8, 4) is 0 Å². The van der Waals surface area contributed by atoms with Crippen molar-refractivity contribution in [2.75, 3.05) is 13.2 Å². The Labute approximate surface area is 176 Å². The molecule has 3 rings (SSSR count). The lowest BCUT2D eigenvalue weighted by Gasteiger charge is -2.36. The average molecular weight is 459 g/mol. The molecule has 3 aliphatic rings. The summed E-state index contributed by atoms with van der Waals surface area (Å²) in [6, 6.07) is -0.581. The van der Waals surface area contributed by atoms with Gasteiger partial charge in [-0.25, -0.2) is 12.8 Å². The molecule has 7 unspecified atom stereocenters. The summed E-state index contributed by atoms with van der Waals surface area (Å²) in [4.78, 5) is 12.7. The molecule has 10 heteroatoms. The maximum atomic E-state index is 13.5. The Morgan fingerprint density at radius 3 is 2.54 bits per heavy atom. The number of carbonyl (C=O) groups excluding carboxylic acids is 1. The predicted octanol–water partition coefficient (Wildman–Crippen LogP) is 2.16. The van der Waals surface area contributed by atoms with Gasteiger partial charge in [-0.2, -0.15) is 4.31 Å². The minimum atomic E-state index is -3.70. The van der Waals surface area contributed by atoms with Crippen LogP contribution in [0.5, 0.6) is 0 Å². The Morgan fingerprint density at radius 2 is 1.86 bits per heavy atom. The third kappa shape index (κ3) is 4.77. The molecule has 1 saturated heterocycles. The third-order valence-corrected chi connectivity index (χ3v) is 9.91. The largest absolute Gasteiger partial charge is 0.395 e. The Hall–Kier alpha value is -0.150. The standard InChI is InChI=1S/C18H29Cl2FN2O4S/c19-14-5-3-11(18(25)22-12-4-6-16(21)15(20)9-12)8-17(14)28(26,27)23-7-1-2-13(23)10-24/h11-17,24H,1-10H2,(H,22,25). The van der Waals surface area contributed by atoms with Crippen LogP contribution in [-0.4, -0.2) is 71.1 Å². The third-order valence-electron chi connectivity index (χ3n) is 6.36. The van der Waals surface area contributed by atoms with E-state index in [1.165, 1.54) is 4.31 Å². The molecular weight excluding hydrogens is 430 g/mol. The Morgan fingerprint density at radius 1 is 1.11 bits per heavy atom. The number of amides is 1. The molecule has 0 aromatic heterocycles. The van der Waals surface area contributed by atoms with E-state index in [2.05, 4.69) is 5.32 Å². The second-order valence-electron chi connectivity index (χ2n) is 8.25. The lowest BCUT2D eigenvalue weighted by molar-refractivity contribution is -0.126. The van der Waals surface area contributed by atoms with Gasteiger partial charge in [-0.15, -0.1) is 23.2 Å². The normalized spacial score (nSPS) is 40.4. The molecule has 7 atom stereocenters. The maximum Gasteiger partial charge on any atom is 0.223 e. The van der Waals surface area contributed by atoms with E-state index in [4.69, 9.17) is 23.2 Å². The smallest absolute Gasteiger partial charge is 0.223 e. The van der Waals surface area contributed by atoms with E-state index in [0.717, 1.165) is 0 Å². The SMILES string of the molecule is O=C(NC1CCC(F)C(Cl)C1)C1CCC(Cl)C(S(=O)(=O)N2CCCC2CO)C1. The van der Waals surface area contributed by atoms with Gasteiger partial charge in [-0.1, -0.05) is 0 Å². The van der Waals surface area contributed by atoms with E-state index in [9.17, 15) is 22.7 Å². The van der Waals surface area contributed by atoms with Crippen molar-refractivity contribution in [3.63, 3.8) is 0 Å². The summed E-state index contributed by atoms with van der Waals surface area (Å²) >= 11 is 12.4. The number of halogens is 3. The highest BCUT2D eigenvalue weighted by Gasteiger charge is 2.46. The van der Waals surface area contributed by atoms with Gasteiger partial charge in [0.05, 0.1) is 22.6 Å². The first-order valence-electron chi connectivity index (χ1n) is 10.1. The van der Waals surface area contributed by atoms with Crippen LogP contribution in [0.2, 0.25) is 0 Å². The zero-order chi connectivity index (χ0) is 20.5. The summed E-state index contributed by atoms with van der Waals surface area (Å²) in [5, 5.41) is 10.4. The average Bonchev–Trinajstić information content (AvgIpc) is 3.14. The van der Waals surface area contributed by atoms with Crippen LogP contribution >= 0.6 is 23.2 Å². The molecule has 0 bridgehead atoms. The van der Waals surface area contributed by atoms with E-state index in [-0.39, 0.29) is 25.0 Å². The highest BCUT2D eigenvalue weighted by atomic mass is 35.5.